The van der Waals surface area contributed by atoms with E-state index in [0.717, 1.165) is 17.9 Å². The molecule has 0 saturated carbocycles. The van der Waals surface area contributed by atoms with Crippen molar-refractivity contribution in [2.45, 2.75) is 30.7 Å². The van der Waals surface area contributed by atoms with E-state index in [1.54, 1.807) is 7.11 Å². The Kier molecular flexibility index (Phi) is 4.70. The number of nitrogens with one attached hydrogen (secondary N) is 1. The molecule has 114 valence electrons. The van der Waals surface area contributed by atoms with Crippen LogP contribution in [0.1, 0.15) is 31.0 Å². The van der Waals surface area contributed by atoms with Crippen molar-refractivity contribution in [3.8, 4) is 5.75 Å². The number of methoxy groups -OCH3 is 1. The van der Waals surface area contributed by atoms with Crippen LogP contribution in [0.4, 0.5) is 0 Å². The van der Waals surface area contributed by atoms with E-state index in [4.69, 9.17) is 4.74 Å². The fourth-order valence-electron chi connectivity index (χ4n) is 3.00. The average Bonchev–Trinajstić information content (AvgIpc) is 2.90. The first-order valence-corrected chi connectivity index (χ1v) is 8.61. The van der Waals surface area contributed by atoms with E-state index in [2.05, 4.69) is 5.32 Å². The Bertz CT molecular complexity index is 486. The molecule has 0 radical (unpaired) electrons. The molecule has 1 amide bonds. The van der Waals surface area contributed by atoms with Gasteiger partial charge < -0.3 is 9.64 Å². The highest BCUT2D eigenvalue weighted by atomic mass is 32.2. The first kappa shape index (κ1) is 14.7. The van der Waals surface area contributed by atoms with Gasteiger partial charge in [0.1, 0.15) is 11.9 Å². The number of carbonyl (C=O) groups excluding carboxylic acids is 1. The number of carbonyl (C=O) groups is 1. The largest absolute Gasteiger partial charge is 0.497 e. The molecule has 0 aliphatic carbocycles. The summed E-state index contributed by atoms with van der Waals surface area (Å²) in [5.74, 6) is 2.28. The van der Waals surface area contributed by atoms with Crippen LogP contribution in [0.15, 0.2) is 24.3 Å². The monoisotopic (exact) mass is 306 g/mol. The number of thioether (sulfide) groups is 1. The maximum absolute atomic E-state index is 12.2. The Morgan fingerprint density at radius 1 is 1.33 bits per heavy atom. The van der Waals surface area contributed by atoms with E-state index in [9.17, 15) is 4.79 Å². The molecule has 3 rings (SSSR count). The second kappa shape index (κ2) is 6.71. The van der Waals surface area contributed by atoms with Gasteiger partial charge in [-0.1, -0.05) is 18.6 Å². The molecular weight excluding hydrogens is 284 g/mol. The molecular formula is C16H22N2O2S. The Morgan fingerprint density at radius 2 is 2.14 bits per heavy atom. The standard InChI is InChI=1S/C16H22N2O2S/c1-20-13-7-5-12(6-8-13)16-17-10-15(19)18(16)11-14-4-2-3-9-21-14/h5-8,14,16-17H,2-4,9-11H2,1H3. The maximum atomic E-state index is 12.2. The second-order valence-corrected chi connectivity index (χ2v) is 7.00. The summed E-state index contributed by atoms with van der Waals surface area (Å²) in [5.41, 5.74) is 1.13. The Labute approximate surface area is 130 Å². The summed E-state index contributed by atoms with van der Waals surface area (Å²) in [6.07, 6.45) is 3.84. The van der Waals surface area contributed by atoms with Crippen molar-refractivity contribution in [2.24, 2.45) is 0 Å². The quantitative estimate of drug-likeness (QED) is 0.927. The fourth-order valence-corrected chi connectivity index (χ4v) is 4.31. The number of ether oxygens (including phenoxy) is 1. The van der Waals surface area contributed by atoms with Crippen LogP contribution in [0.3, 0.4) is 0 Å². The summed E-state index contributed by atoms with van der Waals surface area (Å²) >= 11 is 2.01. The topological polar surface area (TPSA) is 41.6 Å². The molecule has 1 aromatic rings. The Hall–Kier alpha value is -1.20. The van der Waals surface area contributed by atoms with Crippen LogP contribution in [0, 0.1) is 0 Å². The summed E-state index contributed by atoms with van der Waals surface area (Å²) in [7, 11) is 1.67. The van der Waals surface area contributed by atoms with E-state index in [1.165, 1.54) is 25.0 Å². The van der Waals surface area contributed by atoms with E-state index < -0.39 is 0 Å². The Morgan fingerprint density at radius 3 is 2.81 bits per heavy atom. The number of nitrogens with zero attached hydrogens (tertiary/aromatic N) is 1. The number of amides is 1. The van der Waals surface area contributed by atoms with Gasteiger partial charge in [-0.3, -0.25) is 10.1 Å². The molecule has 1 aromatic carbocycles. The van der Waals surface area contributed by atoms with Crippen LogP contribution in [-0.2, 0) is 4.79 Å². The molecule has 5 heteroatoms. The predicted molar refractivity (Wildman–Crippen MR) is 85.5 cm³/mol. The third-order valence-corrected chi connectivity index (χ3v) is 5.57. The Balaban J connectivity index is 1.71. The lowest BCUT2D eigenvalue weighted by molar-refractivity contribution is -0.128. The predicted octanol–water partition coefficient (Wildman–Crippen LogP) is 2.41. The highest BCUT2D eigenvalue weighted by molar-refractivity contribution is 7.99. The summed E-state index contributed by atoms with van der Waals surface area (Å²) in [6, 6.07) is 7.98. The summed E-state index contributed by atoms with van der Waals surface area (Å²) in [6.45, 7) is 1.29. The third kappa shape index (κ3) is 3.35. The third-order valence-electron chi connectivity index (χ3n) is 4.18. The van der Waals surface area contributed by atoms with Gasteiger partial charge in [-0.05, 0) is 36.3 Å². The van der Waals surface area contributed by atoms with Gasteiger partial charge in [0, 0.05) is 11.8 Å². The van der Waals surface area contributed by atoms with Gasteiger partial charge in [-0.2, -0.15) is 11.8 Å². The van der Waals surface area contributed by atoms with Crippen LogP contribution in [0.25, 0.3) is 0 Å². The van der Waals surface area contributed by atoms with Gasteiger partial charge in [0.2, 0.25) is 5.91 Å². The first-order valence-electron chi connectivity index (χ1n) is 7.56. The molecule has 0 spiro atoms. The summed E-state index contributed by atoms with van der Waals surface area (Å²) < 4.78 is 5.20. The van der Waals surface area contributed by atoms with Gasteiger partial charge >= 0.3 is 0 Å². The lowest BCUT2D eigenvalue weighted by Crippen LogP contribution is -2.36. The number of benzene rings is 1. The lowest BCUT2D eigenvalue weighted by atomic mass is 10.1. The van der Waals surface area contributed by atoms with Crippen molar-refractivity contribution >= 4 is 17.7 Å². The van der Waals surface area contributed by atoms with Crippen LogP contribution >= 0.6 is 11.8 Å². The highest BCUT2D eigenvalue weighted by Gasteiger charge is 2.33. The van der Waals surface area contributed by atoms with Crippen LogP contribution < -0.4 is 10.1 Å². The summed E-state index contributed by atoms with van der Waals surface area (Å²) in [5, 5.41) is 3.91. The maximum Gasteiger partial charge on any atom is 0.238 e. The van der Waals surface area contributed by atoms with Crippen molar-refractivity contribution in [1.82, 2.24) is 10.2 Å². The SMILES string of the molecule is COc1ccc(C2NCC(=O)N2CC2CCCCS2)cc1. The second-order valence-electron chi connectivity index (χ2n) is 5.59. The van der Waals surface area contributed by atoms with E-state index in [1.807, 2.05) is 40.9 Å². The zero-order valence-electron chi connectivity index (χ0n) is 12.4. The molecule has 1 N–H and O–H groups in total. The van der Waals surface area contributed by atoms with Gasteiger partial charge in [-0.25, -0.2) is 0 Å². The number of hydrogen-bond donors (Lipinski definition) is 1. The minimum Gasteiger partial charge on any atom is -0.497 e. The molecule has 2 fully saturated rings. The highest BCUT2D eigenvalue weighted by Crippen LogP contribution is 2.30. The number of hydrogen-bond acceptors (Lipinski definition) is 4. The van der Waals surface area contributed by atoms with E-state index in [0.29, 0.717) is 11.8 Å². The zero-order chi connectivity index (χ0) is 14.7. The molecule has 0 aromatic heterocycles. The van der Waals surface area contributed by atoms with Crippen LogP contribution in [0.5, 0.6) is 5.75 Å². The normalized spacial score (nSPS) is 26.1. The van der Waals surface area contributed by atoms with Crippen molar-refractivity contribution in [1.29, 1.82) is 0 Å². The molecule has 0 bridgehead atoms. The van der Waals surface area contributed by atoms with Crippen LogP contribution in [-0.4, -0.2) is 42.0 Å². The lowest BCUT2D eigenvalue weighted by Gasteiger charge is -2.30. The average molecular weight is 306 g/mol. The van der Waals surface area contributed by atoms with Crippen molar-refractivity contribution in [3.05, 3.63) is 29.8 Å². The molecule has 2 saturated heterocycles. The zero-order valence-corrected chi connectivity index (χ0v) is 13.2. The molecule has 2 heterocycles. The van der Waals surface area contributed by atoms with Gasteiger partial charge in [0.25, 0.3) is 0 Å². The first-order chi connectivity index (χ1) is 10.3. The van der Waals surface area contributed by atoms with Gasteiger partial charge in [-0.15, -0.1) is 0 Å². The van der Waals surface area contributed by atoms with Gasteiger partial charge in [0.15, 0.2) is 0 Å². The molecule has 2 aliphatic rings. The molecule has 2 atom stereocenters. The van der Waals surface area contributed by atoms with Crippen LogP contribution in [0.2, 0.25) is 0 Å². The number of rotatable bonds is 4. The van der Waals surface area contributed by atoms with Crippen molar-refractivity contribution < 1.29 is 9.53 Å². The minimum absolute atomic E-state index is 0.00549. The molecule has 2 aliphatic heterocycles. The molecule has 4 nitrogen and oxygen atoms in total. The van der Waals surface area contributed by atoms with E-state index >= 15 is 0 Å². The molecule has 2 unspecified atom stereocenters. The minimum atomic E-state index is 0.00549. The van der Waals surface area contributed by atoms with E-state index in [-0.39, 0.29) is 12.1 Å². The van der Waals surface area contributed by atoms with Crippen molar-refractivity contribution in [3.63, 3.8) is 0 Å². The smallest absolute Gasteiger partial charge is 0.238 e. The van der Waals surface area contributed by atoms with Crippen molar-refractivity contribution in [2.75, 3.05) is 26.0 Å². The molecule has 21 heavy (non-hydrogen) atoms. The fraction of sp³-hybridized carbons (Fsp3) is 0.562. The summed E-state index contributed by atoms with van der Waals surface area (Å²) in [4.78, 5) is 14.2. The van der Waals surface area contributed by atoms with Gasteiger partial charge in [0.05, 0.1) is 13.7 Å².